The monoisotopic (exact) mass is 386 g/mol. The molecule has 0 amide bonds. The lowest BCUT2D eigenvalue weighted by Crippen LogP contribution is -2.89. The standard InChI is InChI=1S/C23H31NO4/c1-26-21-11-10-18(14-22(21)27-2)23(12-6-7-13-23)17-24-15-19(25)16-28-20-8-4-3-5-9-20/h3-5,8-11,14,19,24-25H,6-7,12-13,15-17H2,1-2H3/p+1. The van der Waals surface area contributed by atoms with E-state index in [9.17, 15) is 5.11 Å². The van der Waals surface area contributed by atoms with Crippen LogP contribution in [0.25, 0.3) is 0 Å². The van der Waals surface area contributed by atoms with E-state index in [2.05, 4.69) is 17.4 Å². The highest BCUT2D eigenvalue weighted by Gasteiger charge is 2.38. The normalized spacial score (nSPS) is 16.5. The van der Waals surface area contributed by atoms with E-state index >= 15 is 0 Å². The first-order valence-electron chi connectivity index (χ1n) is 10.1. The Morgan fingerprint density at radius 2 is 1.71 bits per heavy atom. The van der Waals surface area contributed by atoms with Gasteiger partial charge in [0.1, 0.15) is 25.0 Å². The number of hydrogen-bond acceptors (Lipinski definition) is 4. The van der Waals surface area contributed by atoms with Crippen LogP contribution in [0.15, 0.2) is 48.5 Å². The van der Waals surface area contributed by atoms with Gasteiger partial charge in [-0.2, -0.15) is 0 Å². The van der Waals surface area contributed by atoms with Crippen molar-refractivity contribution in [1.82, 2.24) is 0 Å². The number of rotatable bonds is 10. The number of aliphatic hydroxyl groups excluding tert-OH is 1. The molecule has 0 heterocycles. The van der Waals surface area contributed by atoms with Crippen LogP contribution >= 0.6 is 0 Å². The summed E-state index contributed by atoms with van der Waals surface area (Å²) < 4.78 is 16.5. The molecule has 1 atom stereocenters. The largest absolute Gasteiger partial charge is 0.493 e. The molecule has 2 aromatic carbocycles. The molecule has 1 aliphatic carbocycles. The van der Waals surface area contributed by atoms with Crippen LogP contribution in [0, 0.1) is 0 Å². The van der Waals surface area contributed by atoms with Gasteiger partial charge in [-0.15, -0.1) is 0 Å². The molecule has 1 saturated carbocycles. The van der Waals surface area contributed by atoms with E-state index < -0.39 is 6.10 Å². The van der Waals surface area contributed by atoms with E-state index in [0.717, 1.165) is 36.6 Å². The smallest absolute Gasteiger partial charge is 0.161 e. The van der Waals surface area contributed by atoms with Crippen molar-refractivity contribution in [2.45, 2.75) is 37.2 Å². The average molecular weight is 387 g/mol. The minimum atomic E-state index is -0.496. The fourth-order valence-electron chi connectivity index (χ4n) is 4.16. The van der Waals surface area contributed by atoms with Gasteiger partial charge in [0, 0.05) is 5.41 Å². The molecule has 3 rings (SSSR count). The van der Waals surface area contributed by atoms with Crippen LogP contribution in [0.4, 0.5) is 0 Å². The second kappa shape index (κ2) is 9.80. The molecule has 28 heavy (non-hydrogen) atoms. The van der Waals surface area contributed by atoms with E-state index in [0.29, 0.717) is 13.2 Å². The highest BCUT2D eigenvalue weighted by Crippen LogP contribution is 2.42. The molecule has 0 aliphatic heterocycles. The van der Waals surface area contributed by atoms with E-state index in [1.807, 2.05) is 36.4 Å². The van der Waals surface area contributed by atoms with Crippen LogP contribution in [0.2, 0.25) is 0 Å². The minimum absolute atomic E-state index is 0.125. The first-order chi connectivity index (χ1) is 13.7. The molecule has 0 spiro atoms. The van der Waals surface area contributed by atoms with Crippen LogP contribution in [-0.4, -0.2) is 45.1 Å². The topological polar surface area (TPSA) is 64.5 Å². The van der Waals surface area contributed by atoms with Crippen molar-refractivity contribution in [3.8, 4) is 17.2 Å². The van der Waals surface area contributed by atoms with Crippen molar-refractivity contribution in [2.75, 3.05) is 33.9 Å². The summed E-state index contributed by atoms with van der Waals surface area (Å²) in [5.41, 5.74) is 1.42. The molecule has 0 saturated heterocycles. The number of methoxy groups -OCH3 is 2. The Bertz CT molecular complexity index is 729. The highest BCUT2D eigenvalue weighted by atomic mass is 16.5. The average Bonchev–Trinajstić information content (AvgIpc) is 3.22. The quantitative estimate of drug-likeness (QED) is 0.659. The Morgan fingerprint density at radius 1 is 1.00 bits per heavy atom. The van der Waals surface area contributed by atoms with Gasteiger partial charge in [-0.3, -0.25) is 0 Å². The Hall–Kier alpha value is -2.24. The van der Waals surface area contributed by atoms with Gasteiger partial charge in [0.25, 0.3) is 0 Å². The maximum absolute atomic E-state index is 10.3. The SMILES string of the molecule is COc1ccc(C2(C[NH2+]CC(O)COc3ccccc3)CCCC2)cc1OC. The van der Waals surface area contributed by atoms with Gasteiger partial charge in [0.15, 0.2) is 11.5 Å². The molecule has 0 radical (unpaired) electrons. The predicted molar refractivity (Wildman–Crippen MR) is 109 cm³/mol. The Morgan fingerprint density at radius 3 is 2.39 bits per heavy atom. The number of para-hydroxylation sites is 1. The fraction of sp³-hybridized carbons (Fsp3) is 0.478. The minimum Gasteiger partial charge on any atom is -0.493 e. The predicted octanol–water partition coefficient (Wildman–Crippen LogP) is 2.52. The van der Waals surface area contributed by atoms with E-state index in [4.69, 9.17) is 14.2 Å². The summed E-state index contributed by atoms with van der Waals surface area (Å²) in [4.78, 5) is 0. The lowest BCUT2D eigenvalue weighted by molar-refractivity contribution is -0.668. The van der Waals surface area contributed by atoms with Gasteiger partial charge in [0.05, 0.1) is 20.8 Å². The van der Waals surface area contributed by atoms with Crippen molar-refractivity contribution < 1.29 is 24.6 Å². The van der Waals surface area contributed by atoms with Crippen molar-refractivity contribution >= 4 is 0 Å². The number of ether oxygens (including phenoxy) is 3. The first-order valence-corrected chi connectivity index (χ1v) is 10.1. The van der Waals surface area contributed by atoms with Crippen molar-refractivity contribution in [3.05, 3.63) is 54.1 Å². The molecule has 1 fully saturated rings. The lowest BCUT2D eigenvalue weighted by atomic mass is 9.78. The summed E-state index contributed by atoms with van der Waals surface area (Å²) in [6, 6.07) is 15.9. The van der Waals surface area contributed by atoms with Crippen LogP contribution in [0.3, 0.4) is 0 Å². The van der Waals surface area contributed by atoms with Gasteiger partial charge < -0.3 is 24.6 Å². The van der Waals surface area contributed by atoms with Crippen molar-refractivity contribution in [1.29, 1.82) is 0 Å². The third-order valence-corrected chi connectivity index (χ3v) is 5.72. The molecule has 152 valence electrons. The van der Waals surface area contributed by atoms with Crippen LogP contribution in [0.5, 0.6) is 17.2 Å². The Labute approximate surface area is 167 Å². The van der Waals surface area contributed by atoms with Crippen LogP contribution in [-0.2, 0) is 5.41 Å². The lowest BCUT2D eigenvalue weighted by Gasteiger charge is -2.29. The highest BCUT2D eigenvalue weighted by molar-refractivity contribution is 5.45. The zero-order valence-electron chi connectivity index (χ0n) is 16.9. The summed E-state index contributed by atoms with van der Waals surface area (Å²) in [6.07, 6.45) is 4.30. The fourth-order valence-corrected chi connectivity index (χ4v) is 4.16. The van der Waals surface area contributed by atoms with E-state index in [1.54, 1.807) is 14.2 Å². The number of benzene rings is 2. The Kier molecular flexibility index (Phi) is 7.18. The van der Waals surface area contributed by atoms with E-state index in [1.165, 1.54) is 18.4 Å². The summed E-state index contributed by atoms with van der Waals surface area (Å²) in [7, 11) is 3.34. The number of aliphatic hydroxyl groups is 1. The summed E-state index contributed by atoms with van der Waals surface area (Å²) in [6.45, 7) is 1.89. The van der Waals surface area contributed by atoms with Gasteiger partial charge >= 0.3 is 0 Å². The molecule has 1 unspecified atom stereocenters. The van der Waals surface area contributed by atoms with E-state index in [-0.39, 0.29) is 5.41 Å². The summed E-state index contributed by atoms with van der Waals surface area (Å²) >= 11 is 0. The molecule has 0 bridgehead atoms. The van der Waals surface area contributed by atoms with Crippen LogP contribution < -0.4 is 19.5 Å². The van der Waals surface area contributed by atoms with Gasteiger partial charge in [-0.25, -0.2) is 0 Å². The second-order valence-corrected chi connectivity index (χ2v) is 7.56. The molecule has 5 heteroatoms. The second-order valence-electron chi connectivity index (χ2n) is 7.56. The van der Waals surface area contributed by atoms with Crippen molar-refractivity contribution in [3.63, 3.8) is 0 Å². The molecule has 0 aromatic heterocycles. The van der Waals surface area contributed by atoms with Gasteiger partial charge in [0.2, 0.25) is 0 Å². The molecule has 3 N–H and O–H groups in total. The number of nitrogens with two attached hydrogens (primary N) is 1. The molecular formula is C23H32NO4+. The molecular weight excluding hydrogens is 354 g/mol. The van der Waals surface area contributed by atoms with Gasteiger partial charge in [-0.05, 0) is 42.7 Å². The van der Waals surface area contributed by atoms with Crippen LogP contribution in [0.1, 0.15) is 31.2 Å². The Balaban J connectivity index is 1.57. The third-order valence-electron chi connectivity index (χ3n) is 5.72. The maximum atomic E-state index is 10.3. The molecule has 5 nitrogen and oxygen atoms in total. The summed E-state index contributed by atoms with van der Waals surface area (Å²) in [5, 5.41) is 12.5. The summed E-state index contributed by atoms with van der Waals surface area (Å²) in [5.74, 6) is 2.33. The maximum Gasteiger partial charge on any atom is 0.161 e. The zero-order valence-corrected chi connectivity index (χ0v) is 16.9. The third kappa shape index (κ3) is 4.97. The molecule has 1 aliphatic rings. The zero-order chi connectivity index (χ0) is 19.8. The molecule has 2 aromatic rings. The van der Waals surface area contributed by atoms with Gasteiger partial charge in [-0.1, -0.05) is 37.1 Å². The first kappa shape index (κ1) is 20.5. The number of hydrogen-bond donors (Lipinski definition) is 2. The van der Waals surface area contributed by atoms with Crippen molar-refractivity contribution in [2.24, 2.45) is 0 Å². The number of quaternary nitrogens is 1.